The van der Waals surface area contributed by atoms with Gasteiger partial charge in [-0.05, 0) is 48.9 Å². The summed E-state index contributed by atoms with van der Waals surface area (Å²) >= 11 is 0. The van der Waals surface area contributed by atoms with Crippen molar-refractivity contribution >= 4 is 10.9 Å². The van der Waals surface area contributed by atoms with Crippen LogP contribution >= 0.6 is 0 Å². The zero-order chi connectivity index (χ0) is 20.5. The quantitative estimate of drug-likeness (QED) is 0.498. The number of methoxy groups -OCH3 is 1. The van der Waals surface area contributed by atoms with Crippen LogP contribution in [-0.2, 0) is 11.3 Å². The standard InChI is InChI=1S/C24H29NO4/c1-28-18-8-7-13-22(26)23(29-20-10-3-2-4-11-20)16-17-25-21-12-6-5-9-19(21)14-15-24(25)27/h2-6,9-12,14-15,22-23,26H,7-8,13,16-18H2,1H3. The molecule has 0 radical (unpaired) electrons. The second kappa shape index (κ2) is 10.8. The fraction of sp³-hybridized carbons (Fsp3) is 0.375. The van der Waals surface area contributed by atoms with Gasteiger partial charge in [-0.3, -0.25) is 4.79 Å². The number of nitrogens with zero attached hydrogens (tertiary/aromatic N) is 1. The lowest BCUT2D eigenvalue weighted by Crippen LogP contribution is -2.34. The Kier molecular flexibility index (Phi) is 7.85. The highest BCUT2D eigenvalue weighted by atomic mass is 16.5. The first-order valence-corrected chi connectivity index (χ1v) is 10.2. The third kappa shape index (κ3) is 5.92. The molecule has 154 valence electrons. The lowest BCUT2D eigenvalue weighted by molar-refractivity contribution is 0.0212. The second-order valence-electron chi connectivity index (χ2n) is 7.20. The van der Waals surface area contributed by atoms with Gasteiger partial charge >= 0.3 is 0 Å². The van der Waals surface area contributed by atoms with E-state index in [-0.39, 0.29) is 5.56 Å². The van der Waals surface area contributed by atoms with Crippen molar-refractivity contribution in [1.82, 2.24) is 4.57 Å². The third-order valence-corrected chi connectivity index (χ3v) is 5.09. The van der Waals surface area contributed by atoms with Crippen molar-refractivity contribution in [3.63, 3.8) is 0 Å². The van der Waals surface area contributed by atoms with Crippen LogP contribution in [0.4, 0.5) is 0 Å². The molecule has 1 N–H and O–H groups in total. The fourth-order valence-electron chi connectivity index (χ4n) is 3.52. The second-order valence-corrected chi connectivity index (χ2v) is 7.20. The largest absolute Gasteiger partial charge is 0.488 e. The van der Waals surface area contributed by atoms with Crippen LogP contribution < -0.4 is 10.3 Å². The summed E-state index contributed by atoms with van der Waals surface area (Å²) < 4.78 is 13.0. The van der Waals surface area contributed by atoms with Gasteiger partial charge in [0.05, 0.1) is 11.6 Å². The molecule has 2 atom stereocenters. The van der Waals surface area contributed by atoms with Gasteiger partial charge in [0, 0.05) is 32.7 Å². The van der Waals surface area contributed by atoms with E-state index >= 15 is 0 Å². The average molecular weight is 395 g/mol. The number of unbranched alkanes of at least 4 members (excludes halogenated alkanes) is 1. The summed E-state index contributed by atoms with van der Waals surface area (Å²) in [6.07, 6.45) is 1.91. The Morgan fingerprint density at radius 1 is 0.931 bits per heavy atom. The van der Waals surface area contributed by atoms with E-state index in [1.165, 1.54) is 0 Å². The number of aliphatic hydroxyl groups is 1. The smallest absolute Gasteiger partial charge is 0.251 e. The topological polar surface area (TPSA) is 60.7 Å². The van der Waals surface area contributed by atoms with Crippen LogP contribution in [0.25, 0.3) is 10.9 Å². The van der Waals surface area contributed by atoms with Crippen molar-refractivity contribution in [2.75, 3.05) is 13.7 Å². The van der Waals surface area contributed by atoms with Crippen molar-refractivity contribution in [3.05, 3.63) is 77.1 Å². The van der Waals surface area contributed by atoms with E-state index in [2.05, 4.69) is 0 Å². The highest BCUT2D eigenvalue weighted by Gasteiger charge is 2.21. The lowest BCUT2D eigenvalue weighted by atomic mass is 10.0. The minimum atomic E-state index is -0.613. The molecular formula is C24H29NO4. The van der Waals surface area contributed by atoms with E-state index in [4.69, 9.17) is 9.47 Å². The van der Waals surface area contributed by atoms with E-state index in [0.717, 1.165) is 29.5 Å². The van der Waals surface area contributed by atoms with E-state index < -0.39 is 12.2 Å². The number of ether oxygens (including phenoxy) is 2. The van der Waals surface area contributed by atoms with Gasteiger partial charge in [0.25, 0.3) is 5.56 Å². The van der Waals surface area contributed by atoms with E-state index in [1.807, 2.05) is 60.7 Å². The summed E-state index contributed by atoms with van der Waals surface area (Å²) in [6.45, 7) is 1.16. The number of hydrogen-bond donors (Lipinski definition) is 1. The summed E-state index contributed by atoms with van der Waals surface area (Å²) in [7, 11) is 1.68. The number of benzene rings is 2. The number of fused-ring (bicyclic) bond motifs is 1. The summed E-state index contributed by atoms with van der Waals surface area (Å²) in [5, 5.41) is 11.8. The molecule has 0 saturated heterocycles. The maximum Gasteiger partial charge on any atom is 0.251 e. The zero-order valence-electron chi connectivity index (χ0n) is 16.9. The molecule has 0 bridgehead atoms. The number of aliphatic hydroxyl groups excluding tert-OH is 1. The third-order valence-electron chi connectivity index (χ3n) is 5.09. The summed E-state index contributed by atoms with van der Waals surface area (Å²) in [5.41, 5.74) is 0.852. The predicted molar refractivity (Wildman–Crippen MR) is 115 cm³/mol. The first-order valence-electron chi connectivity index (χ1n) is 10.2. The minimum absolute atomic E-state index is 0.0447. The van der Waals surface area contributed by atoms with Crippen LogP contribution in [-0.4, -0.2) is 35.6 Å². The van der Waals surface area contributed by atoms with Gasteiger partial charge in [-0.25, -0.2) is 0 Å². The number of rotatable bonds is 11. The Hall–Kier alpha value is -2.63. The molecule has 5 heteroatoms. The number of aryl methyl sites for hydroxylation is 1. The van der Waals surface area contributed by atoms with Gasteiger partial charge in [-0.2, -0.15) is 0 Å². The molecule has 0 amide bonds. The first kappa shape index (κ1) is 21.1. The number of pyridine rings is 1. The molecule has 0 fully saturated rings. The summed E-state index contributed by atoms with van der Waals surface area (Å²) in [5.74, 6) is 0.721. The molecule has 0 aliphatic rings. The van der Waals surface area contributed by atoms with Gasteiger partial charge in [0.2, 0.25) is 0 Å². The molecule has 2 unspecified atom stereocenters. The molecule has 3 rings (SSSR count). The van der Waals surface area contributed by atoms with Crippen LogP contribution in [0, 0.1) is 0 Å². The van der Waals surface area contributed by atoms with Crippen molar-refractivity contribution in [2.45, 2.75) is 44.4 Å². The summed E-state index contributed by atoms with van der Waals surface area (Å²) in [6, 6.07) is 20.8. The molecule has 1 aromatic heterocycles. The number of hydrogen-bond acceptors (Lipinski definition) is 4. The highest BCUT2D eigenvalue weighted by Crippen LogP contribution is 2.19. The Morgan fingerprint density at radius 3 is 2.48 bits per heavy atom. The Balaban J connectivity index is 1.74. The molecular weight excluding hydrogens is 366 g/mol. The van der Waals surface area contributed by atoms with E-state index in [9.17, 15) is 9.90 Å². The average Bonchev–Trinajstić information content (AvgIpc) is 2.75. The molecule has 0 aliphatic carbocycles. The Labute approximate surface area is 171 Å². The monoisotopic (exact) mass is 395 g/mol. The van der Waals surface area contributed by atoms with Crippen LogP contribution in [0.2, 0.25) is 0 Å². The van der Waals surface area contributed by atoms with Gasteiger partial charge in [0.15, 0.2) is 0 Å². The zero-order valence-corrected chi connectivity index (χ0v) is 16.9. The van der Waals surface area contributed by atoms with Crippen LogP contribution in [0.1, 0.15) is 25.7 Å². The fourth-order valence-corrected chi connectivity index (χ4v) is 3.52. The SMILES string of the molecule is COCCCCC(O)C(CCn1c(=O)ccc2ccccc21)Oc1ccccc1. The molecule has 0 aliphatic heterocycles. The van der Waals surface area contributed by atoms with Crippen molar-refractivity contribution in [2.24, 2.45) is 0 Å². The summed E-state index contributed by atoms with van der Waals surface area (Å²) in [4.78, 5) is 12.5. The van der Waals surface area contributed by atoms with Crippen LogP contribution in [0.15, 0.2) is 71.5 Å². The number of para-hydroxylation sites is 2. The van der Waals surface area contributed by atoms with Crippen LogP contribution in [0.5, 0.6) is 5.75 Å². The molecule has 3 aromatic rings. The van der Waals surface area contributed by atoms with E-state index in [1.54, 1.807) is 17.7 Å². The number of aromatic nitrogens is 1. The van der Waals surface area contributed by atoms with Crippen molar-refractivity contribution < 1.29 is 14.6 Å². The van der Waals surface area contributed by atoms with Crippen molar-refractivity contribution in [3.8, 4) is 5.75 Å². The predicted octanol–water partition coefficient (Wildman–Crippen LogP) is 4.02. The van der Waals surface area contributed by atoms with Gasteiger partial charge < -0.3 is 19.1 Å². The van der Waals surface area contributed by atoms with Gasteiger partial charge in [0.1, 0.15) is 11.9 Å². The van der Waals surface area contributed by atoms with E-state index in [0.29, 0.717) is 26.0 Å². The molecule has 2 aromatic carbocycles. The van der Waals surface area contributed by atoms with Gasteiger partial charge in [-0.1, -0.05) is 36.4 Å². The first-order chi connectivity index (χ1) is 14.2. The molecule has 0 saturated carbocycles. The maximum absolute atomic E-state index is 12.5. The molecule has 1 heterocycles. The Morgan fingerprint density at radius 2 is 1.69 bits per heavy atom. The Bertz CT molecular complexity index is 938. The van der Waals surface area contributed by atoms with Crippen LogP contribution in [0.3, 0.4) is 0 Å². The minimum Gasteiger partial charge on any atom is -0.488 e. The molecule has 29 heavy (non-hydrogen) atoms. The lowest BCUT2D eigenvalue weighted by Gasteiger charge is -2.25. The molecule has 5 nitrogen and oxygen atoms in total. The van der Waals surface area contributed by atoms with Gasteiger partial charge in [-0.15, -0.1) is 0 Å². The highest BCUT2D eigenvalue weighted by molar-refractivity contribution is 5.78. The van der Waals surface area contributed by atoms with Crippen molar-refractivity contribution in [1.29, 1.82) is 0 Å². The molecule has 0 spiro atoms. The maximum atomic E-state index is 12.5. The normalized spacial score (nSPS) is 13.3.